The van der Waals surface area contributed by atoms with Gasteiger partial charge in [-0.1, -0.05) is 20.8 Å². The number of carbonyl (C=O) groups is 1. The second kappa shape index (κ2) is 6.83. The maximum atomic E-state index is 11.8. The van der Waals surface area contributed by atoms with E-state index in [4.69, 9.17) is 9.16 Å². The Balaban J connectivity index is 3.32. The van der Waals surface area contributed by atoms with Crippen LogP contribution in [0.15, 0.2) is 12.1 Å². The van der Waals surface area contributed by atoms with E-state index < -0.39 is 8.32 Å². The lowest BCUT2D eigenvalue weighted by Gasteiger charge is -2.37. The van der Waals surface area contributed by atoms with E-state index >= 15 is 0 Å². The Morgan fingerprint density at radius 3 is 2.32 bits per heavy atom. The van der Waals surface area contributed by atoms with E-state index in [9.17, 15) is 9.90 Å². The molecule has 4 nitrogen and oxygen atoms in total. The molecule has 1 N–H and O–H groups in total. The normalized spacial score (nSPS) is 12.2. The molecule has 5 heteroatoms. The van der Waals surface area contributed by atoms with Gasteiger partial charge in [0.1, 0.15) is 5.75 Å². The summed E-state index contributed by atoms with van der Waals surface area (Å²) in [6, 6.07) is 3.55. The van der Waals surface area contributed by atoms with Gasteiger partial charge in [-0.25, -0.2) is 4.79 Å². The lowest BCUT2D eigenvalue weighted by atomic mass is 10.0. The second-order valence-corrected chi connectivity index (χ2v) is 11.8. The number of aryl methyl sites for hydroxylation is 1. The number of hydrogen-bond donors (Lipinski definition) is 1. The highest BCUT2D eigenvalue weighted by molar-refractivity contribution is 6.74. The van der Waals surface area contributed by atoms with Gasteiger partial charge in [0.25, 0.3) is 8.32 Å². The van der Waals surface area contributed by atoms with E-state index in [0.29, 0.717) is 12.0 Å². The van der Waals surface area contributed by atoms with Gasteiger partial charge in [-0.3, -0.25) is 0 Å². The first-order chi connectivity index (χ1) is 10.0. The molecule has 0 spiro atoms. The van der Waals surface area contributed by atoms with Gasteiger partial charge < -0.3 is 14.3 Å². The Hall–Kier alpha value is -1.33. The third-order valence-electron chi connectivity index (χ3n) is 4.32. The summed E-state index contributed by atoms with van der Waals surface area (Å²) in [6.07, 6.45) is 0.454. The number of esters is 1. The van der Waals surface area contributed by atoms with Crippen molar-refractivity contribution in [3.05, 3.63) is 28.8 Å². The molecule has 22 heavy (non-hydrogen) atoms. The minimum absolute atomic E-state index is 0.0118. The molecule has 0 aromatic heterocycles. The smallest absolute Gasteiger partial charge is 0.337 e. The molecule has 0 radical (unpaired) electrons. The molecule has 1 rings (SSSR count). The van der Waals surface area contributed by atoms with Crippen molar-refractivity contribution in [2.75, 3.05) is 13.7 Å². The molecule has 1 aromatic rings. The average Bonchev–Trinajstić information content (AvgIpc) is 2.40. The molecule has 0 amide bonds. The Labute approximate surface area is 134 Å². The molecule has 1 aromatic carbocycles. The van der Waals surface area contributed by atoms with E-state index in [2.05, 4.69) is 33.9 Å². The van der Waals surface area contributed by atoms with Crippen LogP contribution in [0.2, 0.25) is 18.1 Å². The van der Waals surface area contributed by atoms with Crippen LogP contribution in [0.25, 0.3) is 0 Å². The van der Waals surface area contributed by atoms with Gasteiger partial charge >= 0.3 is 5.97 Å². The predicted octanol–water partition coefficient (Wildman–Crippen LogP) is 3.70. The maximum Gasteiger partial charge on any atom is 0.337 e. The number of aliphatic hydroxyl groups excluding tert-OH is 1. The van der Waals surface area contributed by atoms with Crippen LogP contribution in [0.3, 0.4) is 0 Å². The minimum Gasteiger partial charge on any atom is -0.543 e. The average molecular weight is 324 g/mol. The number of benzene rings is 1. The summed E-state index contributed by atoms with van der Waals surface area (Å²) in [5.74, 6) is 0.425. The summed E-state index contributed by atoms with van der Waals surface area (Å²) in [5.41, 5.74) is 2.25. The van der Waals surface area contributed by atoms with E-state index in [1.54, 1.807) is 12.1 Å². The summed E-state index contributed by atoms with van der Waals surface area (Å²) in [4.78, 5) is 11.8. The van der Waals surface area contributed by atoms with Gasteiger partial charge in [-0.05, 0) is 54.7 Å². The molecule has 0 atom stereocenters. The van der Waals surface area contributed by atoms with Crippen LogP contribution < -0.4 is 4.43 Å². The van der Waals surface area contributed by atoms with Crippen molar-refractivity contribution in [1.82, 2.24) is 0 Å². The van der Waals surface area contributed by atoms with Crippen LogP contribution in [-0.4, -0.2) is 33.1 Å². The van der Waals surface area contributed by atoms with Crippen LogP contribution in [0.1, 0.15) is 42.3 Å². The van der Waals surface area contributed by atoms with Crippen molar-refractivity contribution < 1.29 is 19.1 Å². The highest BCUT2D eigenvalue weighted by Crippen LogP contribution is 2.39. The third kappa shape index (κ3) is 4.11. The fourth-order valence-electron chi connectivity index (χ4n) is 1.94. The highest BCUT2D eigenvalue weighted by Gasteiger charge is 2.39. The lowest BCUT2D eigenvalue weighted by molar-refractivity contribution is 0.0600. The van der Waals surface area contributed by atoms with Crippen LogP contribution in [0.5, 0.6) is 5.75 Å². The number of methoxy groups -OCH3 is 1. The minimum atomic E-state index is -1.99. The first kappa shape index (κ1) is 18.7. The van der Waals surface area contributed by atoms with Crippen molar-refractivity contribution >= 4 is 14.3 Å². The molecule has 0 bridgehead atoms. The molecule has 0 heterocycles. The molecule has 0 unspecified atom stereocenters. The fourth-order valence-corrected chi connectivity index (χ4v) is 3.05. The Morgan fingerprint density at radius 1 is 1.27 bits per heavy atom. The number of ether oxygens (including phenoxy) is 1. The third-order valence-corrected chi connectivity index (χ3v) is 8.64. The monoisotopic (exact) mass is 324 g/mol. The van der Waals surface area contributed by atoms with Gasteiger partial charge in [0, 0.05) is 6.61 Å². The number of hydrogen-bond acceptors (Lipinski definition) is 4. The number of carbonyl (C=O) groups excluding carboxylic acids is 1. The molecule has 0 fully saturated rings. The first-order valence-corrected chi connectivity index (χ1v) is 10.5. The molecule has 0 aliphatic rings. The predicted molar refractivity (Wildman–Crippen MR) is 91.1 cm³/mol. The van der Waals surface area contributed by atoms with Crippen LogP contribution in [0.4, 0.5) is 0 Å². The molecular formula is C17H28O4Si. The first-order valence-electron chi connectivity index (χ1n) is 7.55. The second-order valence-electron chi connectivity index (χ2n) is 7.11. The fraction of sp³-hybridized carbons (Fsp3) is 0.588. The van der Waals surface area contributed by atoms with E-state index in [1.807, 2.05) is 6.92 Å². The van der Waals surface area contributed by atoms with Gasteiger partial charge in [-0.15, -0.1) is 0 Å². The Bertz CT molecular complexity index is 544. The molecule has 0 aliphatic heterocycles. The maximum absolute atomic E-state index is 11.8. The summed E-state index contributed by atoms with van der Waals surface area (Å²) >= 11 is 0. The zero-order valence-corrected chi connectivity index (χ0v) is 15.7. The van der Waals surface area contributed by atoms with Gasteiger partial charge in [0.15, 0.2) is 0 Å². The van der Waals surface area contributed by atoms with Crippen molar-refractivity contribution in [2.24, 2.45) is 0 Å². The Kier molecular flexibility index (Phi) is 5.81. The van der Waals surface area contributed by atoms with Crippen molar-refractivity contribution in [3.8, 4) is 5.75 Å². The van der Waals surface area contributed by atoms with E-state index in [0.717, 1.165) is 16.9 Å². The lowest BCUT2D eigenvalue weighted by Crippen LogP contribution is -2.44. The Morgan fingerprint density at radius 2 is 1.86 bits per heavy atom. The van der Waals surface area contributed by atoms with Crippen LogP contribution >= 0.6 is 0 Å². The summed E-state index contributed by atoms with van der Waals surface area (Å²) in [6.45, 7) is 12.9. The molecule has 0 saturated carbocycles. The van der Waals surface area contributed by atoms with E-state index in [-0.39, 0.29) is 17.6 Å². The van der Waals surface area contributed by atoms with Crippen molar-refractivity contribution in [2.45, 2.75) is 52.2 Å². The molecule has 0 aliphatic carbocycles. The van der Waals surface area contributed by atoms with Crippen LogP contribution in [0, 0.1) is 6.92 Å². The van der Waals surface area contributed by atoms with Crippen molar-refractivity contribution in [3.63, 3.8) is 0 Å². The largest absolute Gasteiger partial charge is 0.543 e. The molecule has 0 saturated heterocycles. The van der Waals surface area contributed by atoms with Gasteiger partial charge in [-0.2, -0.15) is 0 Å². The van der Waals surface area contributed by atoms with Gasteiger partial charge in [0.05, 0.1) is 12.7 Å². The van der Waals surface area contributed by atoms with Gasteiger partial charge in [0.2, 0.25) is 0 Å². The zero-order valence-electron chi connectivity index (χ0n) is 14.7. The summed E-state index contributed by atoms with van der Waals surface area (Å²) in [7, 11) is -0.624. The van der Waals surface area contributed by atoms with Crippen LogP contribution in [-0.2, 0) is 11.2 Å². The molecular weight excluding hydrogens is 296 g/mol. The summed E-state index contributed by atoms with van der Waals surface area (Å²) < 4.78 is 11.2. The topological polar surface area (TPSA) is 55.8 Å². The SMILES string of the molecule is COC(=O)c1cc(C)c(O[Si](C)(C)C(C)(C)C)c(CCO)c1. The zero-order chi connectivity index (χ0) is 17.1. The van der Waals surface area contributed by atoms with E-state index in [1.165, 1.54) is 7.11 Å². The number of rotatable bonds is 5. The standard InChI is InChI=1S/C17H28O4Si/c1-12-10-14(16(19)20-5)11-13(8-9-18)15(12)21-22(6,7)17(2,3)4/h10-11,18H,8-9H2,1-7H3. The molecule has 124 valence electrons. The van der Waals surface area contributed by atoms with Crippen molar-refractivity contribution in [1.29, 1.82) is 0 Å². The quantitative estimate of drug-likeness (QED) is 0.663. The number of aliphatic hydroxyl groups is 1. The highest BCUT2D eigenvalue weighted by atomic mass is 28.4. The summed E-state index contributed by atoms with van der Waals surface area (Å²) in [5, 5.41) is 9.40.